The normalized spacial score (nSPS) is 10.9. The number of aromatic nitrogens is 3. The Bertz CT molecular complexity index is 1230. The summed E-state index contributed by atoms with van der Waals surface area (Å²) in [6.07, 6.45) is 1.55. The van der Waals surface area contributed by atoms with E-state index in [1.165, 1.54) is 23.0 Å². The van der Waals surface area contributed by atoms with Gasteiger partial charge in [0.05, 0.1) is 5.69 Å². The summed E-state index contributed by atoms with van der Waals surface area (Å²) in [7, 11) is 1.45. The van der Waals surface area contributed by atoms with E-state index in [9.17, 15) is 14.4 Å². The third-order valence-corrected chi connectivity index (χ3v) is 6.17. The number of unbranched alkanes of at least 4 members (excludes halogenated alkanes) is 1. The van der Waals surface area contributed by atoms with Crippen LogP contribution in [-0.4, -0.2) is 27.5 Å². The third kappa shape index (κ3) is 5.03. The Morgan fingerprint density at radius 2 is 2.00 bits per heavy atom. The van der Waals surface area contributed by atoms with Gasteiger partial charge >= 0.3 is 5.69 Å². The van der Waals surface area contributed by atoms with E-state index in [2.05, 4.69) is 9.97 Å². The molecule has 0 fully saturated rings. The zero-order chi connectivity index (χ0) is 23.4. The van der Waals surface area contributed by atoms with Crippen LogP contribution < -0.4 is 26.6 Å². The van der Waals surface area contributed by atoms with Crippen LogP contribution in [0.15, 0.2) is 33.9 Å². The van der Waals surface area contributed by atoms with Crippen molar-refractivity contribution in [2.24, 2.45) is 0 Å². The molecular formula is C21H24ClN5O4S. The van der Waals surface area contributed by atoms with E-state index >= 15 is 0 Å². The molecule has 0 spiro atoms. The molecule has 0 aliphatic carbocycles. The van der Waals surface area contributed by atoms with Crippen LogP contribution in [0.5, 0.6) is 5.75 Å². The van der Waals surface area contributed by atoms with Gasteiger partial charge in [-0.3, -0.25) is 19.1 Å². The molecule has 3 N–H and O–H groups in total. The maximum absolute atomic E-state index is 13.2. The van der Waals surface area contributed by atoms with E-state index in [4.69, 9.17) is 22.1 Å². The Kier molecular flexibility index (Phi) is 7.37. The molecule has 3 aromatic rings. The largest absolute Gasteiger partial charge is 0.486 e. The smallest absolute Gasteiger partial charge is 0.330 e. The zero-order valence-electron chi connectivity index (χ0n) is 18.0. The molecule has 11 heteroatoms. The van der Waals surface area contributed by atoms with Crippen molar-refractivity contribution in [1.29, 1.82) is 0 Å². The number of thiazole rings is 1. The van der Waals surface area contributed by atoms with Crippen LogP contribution in [0.25, 0.3) is 0 Å². The fraction of sp³-hybridized carbons (Fsp3) is 0.333. The molecule has 1 amide bonds. The minimum atomic E-state index is -0.718. The second-order valence-electron chi connectivity index (χ2n) is 7.13. The van der Waals surface area contributed by atoms with Crippen molar-refractivity contribution >= 4 is 40.4 Å². The number of H-pyrrole nitrogens is 1. The number of anilines is 2. The number of amides is 1. The van der Waals surface area contributed by atoms with Gasteiger partial charge in [0, 0.05) is 18.6 Å². The van der Waals surface area contributed by atoms with E-state index < -0.39 is 17.2 Å². The van der Waals surface area contributed by atoms with Crippen LogP contribution in [-0.2, 0) is 13.2 Å². The van der Waals surface area contributed by atoms with Crippen molar-refractivity contribution in [3.8, 4) is 5.75 Å². The van der Waals surface area contributed by atoms with Gasteiger partial charge in [0.25, 0.3) is 11.5 Å². The van der Waals surface area contributed by atoms with Gasteiger partial charge in [0.2, 0.25) is 0 Å². The number of hydrogen-bond donors (Lipinski definition) is 2. The molecule has 3 rings (SSSR count). The van der Waals surface area contributed by atoms with Crippen LogP contribution in [0.3, 0.4) is 0 Å². The number of nitrogens with one attached hydrogen (secondary N) is 1. The average Bonchev–Trinajstić information content (AvgIpc) is 3.12. The van der Waals surface area contributed by atoms with Crippen molar-refractivity contribution in [2.75, 3.05) is 17.7 Å². The second kappa shape index (κ2) is 10.0. The summed E-state index contributed by atoms with van der Waals surface area (Å²) < 4.78 is 6.97. The second-order valence-corrected chi connectivity index (χ2v) is 8.65. The minimum Gasteiger partial charge on any atom is -0.486 e. The summed E-state index contributed by atoms with van der Waals surface area (Å²) in [5.41, 5.74) is 5.24. The van der Waals surface area contributed by atoms with Gasteiger partial charge < -0.3 is 15.4 Å². The van der Waals surface area contributed by atoms with Gasteiger partial charge in [-0.25, -0.2) is 9.78 Å². The van der Waals surface area contributed by atoms with Crippen LogP contribution in [0, 0.1) is 6.92 Å². The first-order valence-corrected chi connectivity index (χ1v) is 11.2. The topological polar surface area (TPSA) is 123 Å². The average molecular weight is 478 g/mol. The summed E-state index contributed by atoms with van der Waals surface area (Å²) in [6, 6.07) is 6.92. The fourth-order valence-electron chi connectivity index (χ4n) is 3.08. The molecular weight excluding hydrogens is 454 g/mol. The number of hydrogen-bond acceptors (Lipinski definition) is 7. The maximum Gasteiger partial charge on any atom is 0.330 e. The first-order chi connectivity index (χ1) is 15.2. The molecule has 32 heavy (non-hydrogen) atoms. The number of nitrogens with two attached hydrogens (primary N) is 1. The Hall–Kier alpha value is -3.11. The molecule has 0 aliphatic rings. The fourth-order valence-corrected chi connectivity index (χ4v) is 4.16. The summed E-state index contributed by atoms with van der Waals surface area (Å²) in [6.45, 7) is 4.21. The number of rotatable bonds is 8. The molecule has 0 saturated heterocycles. The number of nitrogen functional groups attached to an aromatic ring is 1. The molecule has 170 valence electrons. The highest BCUT2D eigenvalue weighted by atomic mass is 35.5. The monoisotopic (exact) mass is 477 g/mol. The minimum absolute atomic E-state index is 0.0449. The predicted molar refractivity (Wildman–Crippen MR) is 126 cm³/mol. The van der Waals surface area contributed by atoms with Gasteiger partial charge in [-0.2, -0.15) is 0 Å². The first kappa shape index (κ1) is 23.6. The third-order valence-electron chi connectivity index (χ3n) is 4.80. The van der Waals surface area contributed by atoms with E-state index in [-0.39, 0.29) is 18.1 Å². The Labute approximate surface area is 193 Å². The number of halogens is 1. The van der Waals surface area contributed by atoms with Crippen molar-refractivity contribution in [2.45, 2.75) is 39.8 Å². The number of aryl methyl sites for hydroxylation is 1. The van der Waals surface area contributed by atoms with Gasteiger partial charge in [0.1, 0.15) is 28.1 Å². The number of nitrogens with zero attached hydrogens (tertiary/aromatic N) is 3. The summed E-state index contributed by atoms with van der Waals surface area (Å²) >= 11 is 7.04. The molecule has 0 bridgehead atoms. The first-order valence-electron chi connectivity index (χ1n) is 9.98. The highest BCUT2D eigenvalue weighted by Crippen LogP contribution is 2.25. The summed E-state index contributed by atoms with van der Waals surface area (Å²) in [4.78, 5) is 45.9. The lowest BCUT2D eigenvalue weighted by molar-refractivity contribution is 0.0995. The van der Waals surface area contributed by atoms with Crippen molar-refractivity contribution in [3.05, 3.63) is 65.7 Å². The van der Waals surface area contributed by atoms with E-state index in [0.29, 0.717) is 39.3 Å². The lowest BCUT2D eigenvalue weighted by atomic mass is 10.3. The van der Waals surface area contributed by atoms with E-state index in [1.54, 1.807) is 31.2 Å². The lowest BCUT2D eigenvalue weighted by Crippen LogP contribution is -2.39. The van der Waals surface area contributed by atoms with Crippen molar-refractivity contribution < 1.29 is 9.53 Å². The molecule has 0 radical (unpaired) electrons. The van der Waals surface area contributed by atoms with Crippen LogP contribution in [0.1, 0.15) is 40.1 Å². The zero-order valence-corrected chi connectivity index (χ0v) is 19.5. The number of aromatic amines is 1. The molecule has 0 aliphatic heterocycles. The maximum atomic E-state index is 13.2. The molecule has 9 nitrogen and oxygen atoms in total. The molecule has 2 heterocycles. The van der Waals surface area contributed by atoms with Crippen LogP contribution in [0.4, 0.5) is 11.5 Å². The number of ether oxygens (including phenoxy) is 1. The number of carbonyl (C=O) groups excluding carboxylic acids is 1. The molecule has 0 saturated carbocycles. The summed E-state index contributed by atoms with van der Waals surface area (Å²) in [5, 5.41) is 1.21. The van der Waals surface area contributed by atoms with Gasteiger partial charge in [-0.1, -0.05) is 24.9 Å². The van der Waals surface area contributed by atoms with Crippen molar-refractivity contribution in [1.82, 2.24) is 14.5 Å². The van der Waals surface area contributed by atoms with Crippen LogP contribution in [0.2, 0.25) is 5.02 Å². The quantitative estimate of drug-likeness (QED) is 0.513. The van der Waals surface area contributed by atoms with Gasteiger partial charge in [-0.05, 0) is 37.6 Å². The predicted octanol–water partition coefficient (Wildman–Crippen LogP) is 3.19. The van der Waals surface area contributed by atoms with E-state index in [1.807, 2.05) is 6.92 Å². The Morgan fingerprint density at radius 3 is 2.66 bits per heavy atom. The molecule has 1 aromatic carbocycles. The van der Waals surface area contributed by atoms with Gasteiger partial charge in [-0.15, -0.1) is 11.3 Å². The molecule has 0 unspecified atom stereocenters. The molecule has 2 aromatic heterocycles. The molecule has 0 atom stereocenters. The van der Waals surface area contributed by atoms with Gasteiger partial charge in [0.15, 0.2) is 5.69 Å². The Balaban J connectivity index is 1.84. The Morgan fingerprint density at radius 1 is 1.31 bits per heavy atom. The van der Waals surface area contributed by atoms with Crippen LogP contribution >= 0.6 is 22.9 Å². The lowest BCUT2D eigenvalue weighted by Gasteiger charge is -2.20. The highest BCUT2D eigenvalue weighted by Gasteiger charge is 2.25. The SMILES string of the molecule is CCCCn1c(N)c(N(C)C(=O)c2sc(COc3ccc(Cl)cc3)nc2C)c(=O)[nH]c1=O. The summed E-state index contributed by atoms with van der Waals surface area (Å²) in [5.74, 6) is 0.132. The standard InChI is InChI=1S/C21H24ClN5O4S/c1-4-5-10-27-18(23)16(19(28)25-21(27)30)26(3)20(29)17-12(2)24-15(32-17)11-31-14-8-6-13(22)7-9-14/h6-9H,4-5,10-11,23H2,1-3H3,(H,25,28,30). The van der Waals surface area contributed by atoms with E-state index in [0.717, 1.165) is 11.3 Å². The number of benzene rings is 1. The number of carbonyl (C=O) groups is 1. The van der Waals surface area contributed by atoms with Crippen molar-refractivity contribution in [3.63, 3.8) is 0 Å². The highest BCUT2D eigenvalue weighted by molar-refractivity contribution is 7.13.